The van der Waals surface area contributed by atoms with Crippen LogP contribution in [-0.4, -0.2) is 16.8 Å². The summed E-state index contributed by atoms with van der Waals surface area (Å²) >= 11 is 1.57. The monoisotopic (exact) mass is 433 g/mol. The van der Waals surface area contributed by atoms with Gasteiger partial charge in [0.1, 0.15) is 5.76 Å². The summed E-state index contributed by atoms with van der Waals surface area (Å²) in [5.74, 6) is 0.984. The molecule has 2 N–H and O–H groups in total. The van der Waals surface area contributed by atoms with Crippen molar-refractivity contribution in [3.05, 3.63) is 77.6 Å². The molecule has 31 heavy (non-hydrogen) atoms. The molecule has 4 aromatic rings. The number of nitrogens with zero attached hydrogens (tertiary/aromatic N) is 1. The maximum absolute atomic E-state index is 12.5. The van der Waals surface area contributed by atoms with Gasteiger partial charge >= 0.3 is 0 Å². The first-order chi connectivity index (χ1) is 15.0. The number of hydrogen-bond acceptors (Lipinski definition) is 5. The molecular formula is C24H23N3O3S. The smallest absolute Gasteiger partial charge is 0.222 e. The molecule has 0 aliphatic carbocycles. The topological polar surface area (TPSA) is 84.2 Å². The molecule has 0 aliphatic rings. The van der Waals surface area contributed by atoms with Gasteiger partial charge in [-0.15, -0.1) is 11.3 Å². The predicted octanol–water partition coefficient (Wildman–Crippen LogP) is 4.75. The van der Waals surface area contributed by atoms with Gasteiger partial charge in [-0.25, -0.2) is 4.98 Å². The van der Waals surface area contributed by atoms with E-state index in [0.717, 1.165) is 26.4 Å². The Morgan fingerprint density at radius 3 is 2.58 bits per heavy atom. The Kier molecular flexibility index (Phi) is 6.13. The number of aryl methyl sites for hydroxylation is 1. The van der Waals surface area contributed by atoms with Gasteiger partial charge in [0.15, 0.2) is 10.8 Å². The van der Waals surface area contributed by atoms with Crippen LogP contribution in [0.2, 0.25) is 0 Å². The minimum Gasteiger partial charge on any atom is -0.457 e. The summed E-state index contributed by atoms with van der Waals surface area (Å²) in [7, 11) is 0. The predicted molar refractivity (Wildman–Crippen MR) is 122 cm³/mol. The van der Waals surface area contributed by atoms with Crippen molar-refractivity contribution in [2.24, 2.45) is 0 Å². The van der Waals surface area contributed by atoms with Gasteiger partial charge in [0, 0.05) is 6.92 Å². The van der Waals surface area contributed by atoms with Crippen LogP contribution in [0, 0.1) is 6.92 Å². The zero-order chi connectivity index (χ0) is 21.8. The van der Waals surface area contributed by atoms with Crippen molar-refractivity contribution in [3.8, 4) is 10.8 Å². The van der Waals surface area contributed by atoms with Crippen LogP contribution < -0.4 is 10.6 Å². The van der Waals surface area contributed by atoms with Crippen LogP contribution in [0.3, 0.4) is 0 Å². The molecule has 1 unspecified atom stereocenters. The fourth-order valence-electron chi connectivity index (χ4n) is 3.31. The number of amides is 2. The molecule has 2 aromatic carbocycles. The number of nitrogens with one attached hydrogen (secondary N) is 2. The van der Waals surface area contributed by atoms with E-state index in [1.807, 2.05) is 67.6 Å². The van der Waals surface area contributed by atoms with Gasteiger partial charge in [-0.3, -0.25) is 9.59 Å². The van der Waals surface area contributed by atoms with Gasteiger partial charge in [-0.1, -0.05) is 42.0 Å². The molecular weight excluding hydrogens is 410 g/mol. The number of carbonyl (C=O) groups excluding carboxylic acids is 2. The Morgan fingerprint density at radius 1 is 1.06 bits per heavy atom. The lowest BCUT2D eigenvalue weighted by Crippen LogP contribution is -2.32. The molecule has 7 heteroatoms. The van der Waals surface area contributed by atoms with Crippen molar-refractivity contribution >= 4 is 33.4 Å². The lowest BCUT2D eigenvalue weighted by molar-refractivity contribution is -0.123. The number of carbonyl (C=O) groups is 2. The zero-order valence-corrected chi connectivity index (χ0v) is 18.2. The van der Waals surface area contributed by atoms with Gasteiger partial charge in [0.25, 0.3) is 0 Å². The van der Waals surface area contributed by atoms with E-state index in [-0.39, 0.29) is 30.8 Å². The van der Waals surface area contributed by atoms with E-state index in [1.165, 1.54) is 6.92 Å². The highest BCUT2D eigenvalue weighted by atomic mass is 32.1. The maximum atomic E-state index is 12.5. The van der Waals surface area contributed by atoms with Crippen molar-refractivity contribution in [1.29, 1.82) is 0 Å². The van der Waals surface area contributed by atoms with Crippen molar-refractivity contribution < 1.29 is 14.0 Å². The van der Waals surface area contributed by atoms with Crippen molar-refractivity contribution in [1.82, 2.24) is 15.6 Å². The minimum atomic E-state index is -0.381. The van der Waals surface area contributed by atoms with Crippen LogP contribution in [0.5, 0.6) is 0 Å². The van der Waals surface area contributed by atoms with Gasteiger partial charge in [0.05, 0.1) is 29.2 Å². The van der Waals surface area contributed by atoms with Crippen molar-refractivity contribution in [3.63, 3.8) is 0 Å². The highest BCUT2D eigenvalue weighted by molar-refractivity contribution is 7.21. The summed E-state index contributed by atoms with van der Waals surface area (Å²) in [6.07, 6.45) is 0.147. The second-order valence-corrected chi connectivity index (χ2v) is 8.43. The van der Waals surface area contributed by atoms with E-state index in [1.54, 1.807) is 11.3 Å². The quantitative estimate of drug-likeness (QED) is 0.441. The van der Waals surface area contributed by atoms with E-state index in [4.69, 9.17) is 4.42 Å². The highest BCUT2D eigenvalue weighted by Crippen LogP contribution is 2.31. The number of furan rings is 1. The summed E-state index contributed by atoms with van der Waals surface area (Å²) in [6.45, 7) is 3.71. The lowest BCUT2D eigenvalue weighted by atomic mass is 10.0. The summed E-state index contributed by atoms with van der Waals surface area (Å²) in [5.41, 5.74) is 2.96. The van der Waals surface area contributed by atoms with E-state index in [9.17, 15) is 9.59 Å². The summed E-state index contributed by atoms with van der Waals surface area (Å²) < 4.78 is 6.98. The fraction of sp³-hybridized carbons (Fsp3) is 0.208. The van der Waals surface area contributed by atoms with Crippen molar-refractivity contribution in [2.45, 2.75) is 32.9 Å². The molecule has 6 nitrogen and oxygen atoms in total. The van der Waals surface area contributed by atoms with Crippen LogP contribution in [0.25, 0.3) is 21.0 Å². The second-order valence-electron chi connectivity index (χ2n) is 7.40. The Labute approximate surface area is 184 Å². The number of fused-ring (bicyclic) bond motifs is 1. The molecule has 4 rings (SSSR count). The van der Waals surface area contributed by atoms with Gasteiger partial charge in [-0.05, 0) is 36.8 Å². The van der Waals surface area contributed by atoms with Crippen LogP contribution in [-0.2, 0) is 16.1 Å². The zero-order valence-electron chi connectivity index (χ0n) is 17.3. The number of aromatic nitrogens is 1. The Balaban J connectivity index is 1.38. The lowest BCUT2D eigenvalue weighted by Gasteiger charge is -2.18. The third-order valence-corrected chi connectivity index (χ3v) is 5.92. The minimum absolute atomic E-state index is 0.147. The normalized spacial score (nSPS) is 11.9. The summed E-state index contributed by atoms with van der Waals surface area (Å²) in [4.78, 5) is 28.7. The molecule has 0 bridgehead atoms. The first-order valence-electron chi connectivity index (χ1n) is 10.0. The number of thiazole rings is 1. The summed E-state index contributed by atoms with van der Waals surface area (Å²) in [5, 5.41) is 6.54. The average Bonchev–Trinajstić information content (AvgIpc) is 3.39. The standard InChI is InChI=1S/C24H23N3O3S/c1-15-7-9-17(10-8-15)20(26-16(2)28)13-23(29)25-14-18-11-12-21(30-18)24-27-19-5-3-4-6-22(19)31-24/h3-12,20H,13-14H2,1-2H3,(H,25,29)(H,26,28). The molecule has 158 valence electrons. The van der Waals surface area contributed by atoms with Crippen LogP contribution in [0.15, 0.2) is 65.1 Å². The third kappa shape index (κ3) is 5.19. The molecule has 0 saturated heterocycles. The maximum Gasteiger partial charge on any atom is 0.222 e. The number of para-hydroxylation sites is 1. The van der Waals surface area contributed by atoms with Crippen LogP contribution >= 0.6 is 11.3 Å². The van der Waals surface area contributed by atoms with E-state index >= 15 is 0 Å². The molecule has 0 spiro atoms. The van der Waals surface area contributed by atoms with E-state index in [0.29, 0.717) is 11.5 Å². The molecule has 0 saturated carbocycles. The first-order valence-corrected chi connectivity index (χ1v) is 10.8. The Bertz CT molecular complexity index is 1180. The number of hydrogen-bond donors (Lipinski definition) is 2. The SMILES string of the molecule is CC(=O)NC(CC(=O)NCc1ccc(-c2nc3ccccc3s2)o1)c1ccc(C)cc1. The second kappa shape index (κ2) is 9.14. The van der Waals surface area contributed by atoms with Crippen LogP contribution in [0.1, 0.15) is 36.3 Å². The Morgan fingerprint density at radius 2 is 1.84 bits per heavy atom. The van der Waals surface area contributed by atoms with E-state index in [2.05, 4.69) is 15.6 Å². The number of rotatable bonds is 7. The molecule has 2 aromatic heterocycles. The van der Waals surface area contributed by atoms with Gasteiger partial charge in [-0.2, -0.15) is 0 Å². The fourth-order valence-corrected chi connectivity index (χ4v) is 4.23. The number of benzene rings is 2. The first kappa shape index (κ1) is 20.8. The highest BCUT2D eigenvalue weighted by Gasteiger charge is 2.18. The molecule has 0 aliphatic heterocycles. The van der Waals surface area contributed by atoms with Gasteiger partial charge < -0.3 is 15.1 Å². The van der Waals surface area contributed by atoms with Crippen LogP contribution in [0.4, 0.5) is 0 Å². The third-order valence-electron chi connectivity index (χ3n) is 4.87. The van der Waals surface area contributed by atoms with Crippen molar-refractivity contribution in [2.75, 3.05) is 0 Å². The molecule has 2 heterocycles. The molecule has 1 atom stereocenters. The Hall–Kier alpha value is -3.45. The molecule has 0 radical (unpaired) electrons. The molecule has 2 amide bonds. The largest absolute Gasteiger partial charge is 0.457 e. The summed E-state index contributed by atoms with van der Waals surface area (Å²) in [6, 6.07) is 19.1. The van der Waals surface area contributed by atoms with E-state index < -0.39 is 0 Å². The average molecular weight is 434 g/mol. The molecule has 0 fully saturated rings. The van der Waals surface area contributed by atoms with Gasteiger partial charge in [0.2, 0.25) is 11.8 Å².